The second-order valence-electron chi connectivity index (χ2n) is 5.59. The van der Waals surface area contributed by atoms with Crippen LogP contribution >= 0.6 is 11.6 Å². The molecule has 1 aromatic carbocycles. The number of amides is 1. The van der Waals surface area contributed by atoms with Gasteiger partial charge in [0.15, 0.2) is 0 Å². The van der Waals surface area contributed by atoms with Gasteiger partial charge in [-0.3, -0.25) is 14.7 Å². The molecule has 2 aromatic rings. The van der Waals surface area contributed by atoms with E-state index in [1.165, 1.54) is 0 Å². The summed E-state index contributed by atoms with van der Waals surface area (Å²) in [6.07, 6.45) is 2.78. The van der Waals surface area contributed by atoms with Crippen molar-refractivity contribution >= 4 is 17.5 Å². The summed E-state index contributed by atoms with van der Waals surface area (Å²) in [4.78, 5) is 22.5. The molecule has 1 fully saturated rings. The Labute approximate surface area is 150 Å². The van der Waals surface area contributed by atoms with Gasteiger partial charge in [0.05, 0.1) is 29.7 Å². The van der Waals surface area contributed by atoms with E-state index in [2.05, 4.69) is 20.2 Å². The number of hydrogen-bond acceptors (Lipinski definition) is 6. The van der Waals surface area contributed by atoms with Crippen molar-refractivity contribution in [3.8, 4) is 11.6 Å². The molecule has 2 heterocycles. The minimum Gasteiger partial charge on any atom is -0.436 e. The van der Waals surface area contributed by atoms with Crippen molar-refractivity contribution in [2.75, 3.05) is 26.7 Å². The molecule has 1 saturated heterocycles. The minimum absolute atomic E-state index is 0.112. The summed E-state index contributed by atoms with van der Waals surface area (Å²) >= 11 is 6.06. The molecule has 1 aliphatic heterocycles. The Morgan fingerprint density at radius 2 is 2.24 bits per heavy atom. The lowest BCUT2D eigenvalue weighted by Crippen LogP contribution is -2.48. The van der Waals surface area contributed by atoms with Gasteiger partial charge in [0.25, 0.3) is 0 Å². The first-order valence-corrected chi connectivity index (χ1v) is 8.32. The largest absolute Gasteiger partial charge is 0.436 e. The number of nitrogens with zero attached hydrogens (tertiary/aromatic N) is 3. The van der Waals surface area contributed by atoms with Crippen LogP contribution in [0.1, 0.15) is 5.69 Å². The van der Waals surface area contributed by atoms with E-state index < -0.39 is 6.10 Å². The van der Waals surface area contributed by atoms with E-state index in [1.807, 2.05) is 12.1 Å². The molecular weight excluding hydrogens is 344 g/mol. The number of aromatic nitrogens is 2. The van der Waals surface area contributed by atoms with Gasteiger partial charge in [-0.25, -0.2) is 4.98 Å². The third-order valence-electron chi connectivity index (χ3n) is 3.81. The fourth-order valence-electron chi connectivity index (χ4n) is 2.51. The second kappa shape index (κ2) is 8.24. The summed E-state index contributed by atoms with van der Waals surface area (Å²) in [5, 5.41) is 3.12. The van der Waals surface area contributed by atoms with Crippen LogP contribution < -0.4 is 10.1 Å². The lowest BCUT2D eigenvalue weighted by molar-refractivity contribution is -0.138. The van der Waals surface area contributed by atoms with Gasteiger partial charge in [-0.15, -0.1) is 0 Å². The van der Waals surface area contributed by atoms with Crippen LogP contribution in [0.25, 0.3) is 0 Å². The Kier molecular flexibility index (Phi) is 5.80. The van der Waals surface area contributed by atoms with Gasteiger partial charge in [-0.05, 0) is 12.1 Å². The molecule has 0 saturated carbocycles. The normalized spacial score (nSPS) is 17.9. The summed E-state index contributed by atoms with van der Waals surface area (Å²) in [7, 11) is 1.60. The van der Waals surface area contributed by atoms with Gasteiger partial charge in [-0.2, -0.15) is 0 Å². The molecule has 1 atom stereocenters. The maximum absolute atomic E-state index is 11.7. The van der Waals surface area contributed by atoms with Crippen molar-refractivity contribution in [2.45, 2.75) is 12.6 Å². The lowest BCUT2D eigenvalue weighted by Gasteiger charge is -2.31. The number of para-hydroxylation sites is 1. The molecule has 132 valence electrons. The monoisotopic (exact) mass is 362 g/mol. The Bertz CT molecular complexity index is 726. The first-order valence-electron chi connectivity index (χ1n) is 7.94. The van der Waals surface area contributed by atoms with Crippen molar-refractivity contribution in [3.63, 3.8) is 0 Å². The topological polar surface area (TPSA) is 76.6 Å². The lowest BCUT2D eigenvalue weighted by atomic mass is 10.2. The van der Waals surface area contributed by atoms with Gasteiger partial charge >= 0.3 is 0 Å². The Morgan fingerprint density at radius 3 is 2.96 bits per heavy atom. The van der Waals surface area contributed by atoms with Crippen LogP contribution in [0.2, 0.25) is 5.02 Å². The molecule has 1 aromatic heterocycles. The standard InChI is InChI=1S/C17H19ClN4O3/c1-19-17(23)15-11-22(6-7-24-15)10-12-8-21-16(9-20-12)25-14-5-3-2-4-13(14)18/h2-5,8-9,15H,6-7,10-11H2,1H3,(H,19,23)/t15-/m0/s1. The van der Waals surface area contributed by atoms with E-state index in [0.717, 1.165) is 12.2 Å². The molecular formula is C17H19ClN4O3. The number of carbonyl (C=O) groups is 1. The summed E-state index contributed by atoms with van der Waals surface area (Å²) in [5.41, 5.74) is 0.795. The number of halogens is 1. The molecule has 1 amide bonds. The zero-order valence-electron chi connectivity index (χ0n) is 13.8. The van der Waals surface area contributed by atoms with Crippen molar-refractivity contribution < 1.29 is 14.3 Å². The highest BCUT2D eigenvalue weighted by Crippen LogP contribution is 2.27. The van der Waals surface area contributed by atoms with Crippen LogP contribution in [-0.4, -0.2) is 53.6 Å². The minimum atomic E-state index is -0.450. The SMILES string of the molecule is CNC(=O)[C@@H]1CN(Cc2cnc(Oc3ccccc3Cl)cn2)CCO1. The molecule has 0 bridgehead atoms. The van der Waals surface area contributed by atoms with Crippen LogP contribution in [0.15, 0.2) is 36.7 Å². The van der Waals surface area contributed by atoms with Gasteiger partial charge in [0, 0.05) is 26.7 Å². The van der Waals surface area contributed by atoms with Gasteiger partial charge in [0.1, 0.15) is 11.9 Å². The molecule has 0 aliphatic carbocycles. The second-order valence-corrected chi connectivity index (χ2v) is 5.99. The number of carbonyl (C=O) groups excluding carboxylic acids is 1. The van der Waals surface area contributed by atoms with Crippen molar-refractivity contribution in [3.05, 3.63) is 47.4 Å². The zero-order chi connectivity index (χ0) is 17.6. The number of benzene rings is 1. The molecule has 0 radical (unpaired) electrons. The quantitative estimate of drug-likeness (QED) is 0.875. The highest BCUT2D eigenvalue weighted by atomic mass is 35.5. The predicted octanol–water partition coefficient (Wildman–Crippen LogP) is 1.87. The predicted molar refractivity (Wildman–Crippen MR) is 92.6 cm³/mol. The first kappa shape index (κ1) is 17.6. The smallest absolute Gasteiger partial charge is 0.250 e. The zero-order valence-corrected chi connectivity index (χ0v) is 14.6. The van der Waals surface area contributed by atoms with Crippen LogP contribution in [0.5, 0.6) is 11.6 Å². The highest BCUT2D eigenvalue weighted by molar-refractivity contribution is 6.32. The van der Waals surface area contributed by atoms with E-state index >= 15 is 0 Å². The Hall–Kier alpha value is -2.22. The molecule has 3 rings (SSSR count). The van der Waals surface area contributed by atoms with E-state index in [4.69, 9.17) is 21.1 Å². The molecule has 8 heteroatoms. The Morgan fingerprint density at radius 1 is 1.40 bits per heavy atom. The van der Waals surface area contributed by atoms with E-state index in [-0.39, 0.29) is 5.91 Å². The maximum atomic E-state index is 11.7. The molecule has 7 nitrogen and oxygen atoms in total. The third kappa shape index (κ3) is 4.66. The number of hydrogen-bond donors (Lipinski definition) is 1. The average Bonchev–Trinajstić information content (AvgIpc) is 2.65. The number of nitrogens with one attached hydrogen (secondary N) is 1. The molecule has 0 unspecified atom stereocenters. The molecule has 25 heavy (non-hydrogen) atoms. The van der Waals surface area contributed by atoms with E-state index in [1.54, 1.807) is 31.6 Å². The maximum Gasteiger partial charge on any atom is 0.250 e. The molecule has 1 aliphatic rings. The fourth-order valence-corrected chi connectivity index (χ4v) is 2.69. The molecule has 0 spiro atoms. The fraction of sp³-hybridized carbons (Fsp3) is 0.353. The van der Waals surface area contributed by atoms with Crippen molar-refractivity contribution in [1.29, 1.82) is 0 Å². The highest BCUT2D eigenvalue weighted by Gasteiger charge is 2.26. The van der Waals surface area contributed by atoms with E-state index in [9.17, 15) is 4.79 Å². The number of likely N-dealkylation sites (N-methyl/N-ethyl adjacent to an activating group) is 1. The number of ether oxygens (including phenoxy) is 2. The van der Waals surface area contributed by atoms with E-state index in [0.29, 0.717) is 36.3 Å². The average molecular weight is 363 g/mol. The summed E-state index contributed by atoms with van der Waals surface area (Å²) < 4.78 is 11.1. The van der Waals surface area contributed by atoms with Crippen LogP contribution in [0.4, 0.5) is 0 Å². The van der Waals surface area contributed by atoms with Gasteiger partial charge in [-0.1, -0.05) is 23.7 Å². The van der Waals surface area contributed by atoms with Crippen LogP contribution in [-0.2, 0) is 16.1 Å². The summed E-state index contributed by atoms with van der Waals surface area (Å²) in [6.45, 7) is 2.38. The summed E-state index contributed by atoms with van der Waals surface area (Å²) in [5.74, 6) is 0.800. The number of rotatable bonds is 5. The third-order valence-corrected chi connectivity index (χ3v) is 4.12. The Balaban J connectivity index is 1.59. The first-order chi connectivity index (χ1) is 12.2. The summed E-state index contributed by atoms with van der Waals surface area (Å²) in [6, 6.07) is 7.19. The van der Waals surface area contributed by atoms with Crippen LogP contribution in [0, 0.1) is 0 Å². The van der Waals surface area contributed by atoms with Gasteiger partial charge in [0.2, 0.25) is 11.8 Å². The van der Waals surface area contributed by atoms with Crippen molar-refractivity contribution in [1.82, 2.24) is 20.2 Å². The number of morpholine rings is 1. The van der Waals surface area contributed by atoms with Crippen LogP contribution in [0.3, 0.4) is 0 Å². The van der Waals surface area contributed by atoms with Gasteiger partial charge < -0.3 is 14.8 Å². The molecule has 1 N–H and O–H groups in total. The van der Waals surface area contributed by atoms with Crippen molar-refractivity contribution in [2.24, 2.45) is 0 Å².